The van der Waals surface area contributed by atoms with Crippen LogP contribution in [0, 0.1) is 0 Å². The van der Waals surface area contributed by atoms with Crippen LogP contribution in [0.1, 0.15) is 41.6 Å². The van der Waals surface area contributed by atoms with Crippen LogP contribution >= 0.6 is 0 Å². The smallest absolute Gasteiger partial charge is 0.326 e. The molecule has 1 aliphatic rings. The Morgan fingerprint density at radius 1 is 1.15 bits per heavy atom. The molecule has 0 radical (unpaired) electrons. The largest absolute Gasteiger partial charge is 0.369 e. The van der Waals surface area contributed by atoms with Crippen LogP contribution in [0.4, 0.5) is 10.6 Å². The van der Waals surface area contributed by atoms with E-state index in [4.69, 9.17) is 0 Å². The molecule has 0 spiro atoms. The zero-order valence-electron chi connectivity index (χ0n) is 18.4. The quantitative estimate of drug-likeness (QED) is 0.331. The van der Waals surface area contributed by atoms with Crippen molar-refractivity contribution in [2.75, 3.05) is 18.4 Å². The number of hydrogen-bond donors (Lipinski definition) is 2. The number of carbonyl (C=O) groups excluding carboxylic acids is 2. The summed E-state index contributed by atoms with van der Waals surface area (Å²) >= 11 is 0. The minimum absolute atomic E-state index is 0.00688. The standard InChI is InChI=1S/C26H25N5O2/c1-2-3-10-28-26(33)31-11-8-17-6-7-18(13-23(17)31)24(32)22-16-30-25-21(22)12-20(15-29-25)19-5-4-9-27-14-19/h4-9,11-15,22H,2-3,10,16H2,1H3,(H,28,33)(H,29,30). The normalized spacial score (nSPS) is 14.6. The molecule has 4 heterocycles. The van der Waals surface area contributed by atoms with E-state index in [0.717, 1.165) is 46.3 Å². The highest BCUT2D eigenvalue weighted by Gasteiger charge is 2.31. The van der Waals surface area contributed by atoms with Gasteiger partial charge in [0.15, 0.2) is 5.78 Å². The van der Waals surface area contributed by atoms with E-state index in [-0.39, 0.29) is 17.7 Å². The summed E-state index contributed by atoms with van der Waals surface area (Å²) in [6.45, 7) is 3.21. The van der Waals surface area contributed by atoms with E-state index in [2.05, 4.69) is 27.5 Å². The molecule has 0 saturated heterocycles. The molecule has 2 N–H and O–H groups in total. The molecule has 7 nitrogen and oxygen atoms in total. The van der Waals surface area contributed by atoms with Crippen molar-refractivity contribution in [3.63, 3.8) is 0 Å². The Kier molecular flexibility index (Phi) is 5.60. The Labute approximate surface area is 191 Å². The number of benzene rings is 1. The van der Waals surface area contributed by atoms with Gasteiger partial charge in [-0.3, -0.25) is 14.3 Å². The van der Waals surface area contributed by atoms with Crippen LogP contribution in [-0.4, -0.2) is 39.4 Å². The Morgan fingerprint density at radius 2 is 2.06 bits per heavy atom. The fraction of sp³-hybridized carbons (Fsp3) is 0.231. The number of rotatable bonds is 6. The van der Waals surface area contributed by atoms with Crippen LogP contribution in [0.2, 0.25) is 0 Å². The van der Waals surface area contributed by atoms with Crippen molar-refractivity contribution in [2.45, 2.75) is 25.7 Å². The third-order valence-electron chi connectivity index (χ3n) is 6.08. The van der Waals surface area contributed by atoms with Crippen LogP contribution in [0.25, 0.3) is 22.0 Å². The Hall–Kier alpha value is -4.00. The molecule has 7 heteroatoms. The van der Waals surface area contributed by atoms with Gasteiger partial charge in [0.05, 0.1) is 11.4 Å². The van der Waals surface area contributed by atoms with E-state index in [9.17, 15) is 9.59 Å². The maximum Gasteiger partial charge on any atom is 0.326 e. The van der Waals surface area contributed by atoms with Gasteiger partial charge in [0, 0.05) is 65.5 Å². The van der Waals surface area contributed by atoms with Gasteiger partial charge >= 0.3 is 6.03 Å². The molecule has 33 heavy (non-hydrogen) atoms. The lowest BCUT2D eigenvalue weighted by Crippen LogP contribution is -2.28. The molecule has 1 aliphatic heterocycles. The highest BCUT2D eigenvalue weighted by Crippen LogP contribution is 2.35. The van der Waals surface area contributed by atoms with Crippen molar-refractivity contribution in [3.8, 4) is 11.1 Å². The first-order valence-electron chi connectivity index (χ1n) is 11.2. The molecule has 1 amide bonds. The van der Waals surface area contributed by atoms with Gasteiger partial charge in [-0.15, -0.1) is 0 Å². The van der Waals surface area contributed by atoms with Crippen LogP contribution in [0.15, 0.2) is 67.3 Å². The average Bonchev–Trinajstić information content (AvgIpc) is 3.47. The van der Waals surface area contributed by atoms with Crippen molar-refractivity contribution in [1.82, 2.24) is 19.9 Å². The first-order chi connectivity index (χ1) is 16.2. The zero-order valence-corrected chi connectivity index (χ0v) is 18.4. The summed E-state index contributed by atoms with van der Waals surface area (Å²) in [7, 11) is 0. The molecule has 4 aromatic rings. The SMILES string of the molecule is CCCCNC(=O)n1ccc2ccc(C(=O)C3CNc4ncc(-c5cccnc5)cc43)cc21. The Morgan fingerprint density at radius 3 is 2.88 bits per heavy atom. The maximum atomic E-state index is 13.5. The molecule has 0 fully saturated rings. The Balaban J connectivity index is 1.44. The van der Waals surface area contributed by atoms with Gasteiger partial charge in [-0.25, -0.2) is 9.78 Å². The number of anilines is 1. The predicted octanol–water partition coefficient (Wildman–Crippen LogP) is 4.85. The van der Waals surface area contributed by atoms with Gasteiger partial charge < -0.3 is 10.6 Å². The van der Waals surface area contributed by atoms with Crippen molar-refractivity contribution in [2.24, 2.45) is 0 Å². The van der Waals surface area contributed by atoms with E-state index >= 15 is 0 Å². The molecule has 166 valence electrons. The molecule has 0 bridgehead atoms. The summed E-state index contributed by atoms with van der Waals surface area (Å²) in [5.41, 5.74) is 4.07. The predicted molar refractivity (Wildman–Crippen MR) is 129 cm³/mol. The molecule has 1 unspecified atom stereocenters. The van der Waals surface area contributed by atoms with Crippen molar-refractivity contribution >= 4 is 28.5 Å². The van der Waals surface area contributed by atoms with Crippen molar-refractivity contribution in [1.29, 1.82) is 0 Å². The second-order valence-electron chi connectivity index (χ2n) is 8.25. The van der Waals surface area contributed by atoms with Gasteiger partial charge in [-0.2, -0.15) is 0 Å². The molecule has 1 aromatic carbocycles. The van der Waals surface area contributed by atoms with E-state index in [0.29, 0.717) is 18.7 Å². The van der Waals surface area contributed by atoms with Crippen LogP contribution in [0.3, 0.4) is 0 Å². The number of ketones is 1. The summed E-state index contributed by atoms with van der Waals surface area (Å²) in [6.07, 6.45) is 9.00. The number of Topliss-reactive ketones (excluding diaryl/α,β-unsaturated/α-hetero) is 1. The number of carbonyl (C=O) groups is 2. The van der Waals surface area contributed by atoms with Gasteiger partial charge in [0.2, 0.25) is 0 Å². The lowest BCUT2D eigenvalue weighted by molar-refractivity contribution is 0.0966. The molecule has 5 rings (SSSR count). The Bertz CT molecular complexity index is 1330. The first-order valence-corrected chi connectivity index (χ1v) is 11.2. The number of unbranched alkanes of at least 4 members (excludes halogenated alkanes) is 1. The van der Waals surface area contributed by atoms with Crippen LogP contribution in [-0.2, 0) is 0 Å². The number of nitrogens with zero attached hydrogens (tertiary/aromatic N) is 3. The topological polar surface area (TPSA) is 88.9 Å². The summed E-state index contributed by atoms with van der Waals surface area (Å²) in [4.78, 5) is 34.8. The number of fused-ring (bicyclic) bond motifs is 2. The second-order valence-corrected chi connectivity index (χ2v) is 8.25. The van der Waals surface area contributed by atoms with Gasteiger partial charge in [-0.05, 0) is 30.7 Å². The monoisotopic (exact) mass is 439 g/mol. The third-order valence-corrected chi connectivity index (χ3v) is 6.08. The van der Waals surface area contributed by atoms with Gasteiger partial charge in [0.1, 0.15) is 5.82 Å². The summed E-state index contributed by atoms with van der Waals surface area (Å²) < 4.78 is 1.57. The highest BCUT2D eigenvalue weighted by atomic mass is 16.2. The maximum absolute atomic E-state index is 13.5. The van der Waals surface area contributed by atoms with E-state index < -0.39 is 0 Å². The van der Waals surface area contributed by atoms with E-state index in [1.165, 1.54) is 0 Å². The zero-order chi connectivity index (χ0) is 22.8. The minimum Gasteiger partial charge on any atom is -0.369 e. The molecule has 3 aromatic heterocycles. The van der Waals surface area contributed by atoms with Crippen LogP contribution < -0.4 is 10.6 Å². The first kappa shape index (κ1) is 20.9. The van der Waals surface area contributed by atoms with Gasteiger partial charge in [0.25, 0.3) is 0 Å². The summed E-state index contributed by atoms with van der Waals surface area (Å²) in [5.74, 6) is 0.400. The number of pyridine rings is 2. The van der Waals surface area contributed by atoms with Crippen molar-refractivity contribution < 1.29 is 9.59 Å². The molecule has 0 aliphatic carbocycles. The number of hydrogen-bond acceptors (Lipinski definition) is 5. The minimum atomic E-state index is -0.344. The number of nitrogens with one attached hydrogen (secondary N) is 2. The molecular weight excluding hydrogens is 414 g/mol. The third kappa shape index (κ3) is 3.98. The number of aromatic nitrogens is 3. The lowest BCUT2D eigenvalue weighted by Gasteiger charge is -2.12. The fourth-order valence-electron chi connectivity index (χ4n) is 4.25. The van der Waals surface area contributed by atoms with Gasteiger partial charge in [-0.1, -0.05) is 31.5 Å². The summed E-state index contributed by atoms with van der Waals surface area (Å²) in [6, 6.07) is 13.1. The molecule has 1 atom stereocenters. The number of amides is 1. The van der Waals surface area contributed by atoms with E-state index in [1.54, 1.807) is 29.4 Å². The molecule has 0 saturated carbocycles. The highest BCUT2D eigenvalue weighted by molar-refractivity contribution is 6.06. The van der Waals surface area contributed by atoms with Crippen molar-refractivity contribution in [3.05, 3.63) is 78.4 Å². The second kappa shape index (κ2) is 8.86. The molecular formula is C26H25N5O2. The average molecular weight is 440 g/mol. The van der Waals surface area contributed by atoms with Crippen LogP contribution in [0.5, 0.6) is 0 Å². The fourth-order valence-corrected chi connectivity index (χ4v) is 4.25. The van der Waals surface area contributed by atoms with E-state index in [1.807, 2.05) is 42.5 Å². The summed E-state index contributed by atoms with van der Waals surface area (Å²) in [5, 5.41) is 7.10. The lowest BCUT2D eigenvalue weighted by atomic mass is 9.91.